The molecule has 3 N–H and O–H groups in total. The highest BCUT2D eigenvalue weighted by Crippen LogP contribution is 2.30. The number of fused-ring (bicyclic) bond motifs is 1. The molecule has 0 radical (unpaired) electrons. The number of hydrogen-bond acceptors (Lipinski definition) is 5. The Kier molecular flexibility index (Phi) is 3.27. The van der Waals surface area contributed by atoms with Gasteiger partial charge in [-0.25, -0.2) is 4.63 Å². The minimum absolute atomic E-state index is 0.492. The lowest BCUT2D eigenvalue weighted by molar-refractivity contribution is 0.315. The molecule has 1 aliphatic rings. The second kappa shape index (κ2) is 5.07. The molecule has 0 spiro atoms. The predicted octanol–water partition coefficient (Wildman–Crippen LogP) is 3.19. The molecule has 5 heteroatoms. The minimum atomic E-state index is 0.492. The summed E-state index contributed by atoms with van der Waals surface area (Å²) in [4.78, 5) is 0. The lowest BCUT2D eigenvalue weighted by atomic mass is 9.96. The van der Waals surface area contributed by atoms with Crippen molar-refractivity contribution in [3.8, 4) is 0 Å². The Morgan fingerprint density at radius 2 is 1.95 bits per heavy atom. The van der Waals surface area contributed by atoms with Gasteiger partial charge < -0.3 is 11.1 Å². The van der Waals surface area contributed by atoms with Crippen molar-refractivity contribution < 1.29 is 4.63 Å². The van der Waals surface area contributed by atoms with Crippen LogP contribution in [-0.4, -0.2) is 16.4 Å². The third-order valence-electron chi connectivity index (χ3n) is 4.15. The van der Waals surface area contributed by atoms with Crippen LogP contribution in [0.25, 0.3) is 11.0 Å². The molecular formula is C14H20N4O. The second-order valence-electron chi connectivity index (χ2n) is 5.53. The van der Waals surface area contributed by atoms with Crippen LogP contribution in [0, 0.1) is 5.92 Å². The molecule has 5 nitrogen and oxygen atoms in total. The predicted molar refractivity (Wildman–Crippen MR) is 75.9 cm³/mol. The minimum Gasteiger partial charge on any atom is -0.397 e. The molecule has 1 fully saturated rings. The number of rotatable bonds is 2. The summed E-state index contributed by atoms with van der Waals surface area (Å²) >= 11 is 0. The van der Waals surface area contributed by atoms with E-state index in [1.54, 1.807) is 0 Å². The Labute approximate surface area is 112 Å². The van der Waals surface area contributed by atoms with E-state index in [1.807, 2.05) is 12.1 Å². The van der Waals surface area contributed by atoms with Gasteiger partial charge in [0, 0.05) is 6.04 Å². The molecule has 1 aliphatic carbocycles. The zero-order valence-corrected chi connectivity index (χ0v) is 11.2. The van der Waals surface area contributed by atoms with Gasteiger partial charge in [0.25, 0.3) is 0 Å². The largest absolute Gasteiger partial charge is 0.397 e. The highest BCUT2D eigenvalue weighted by Gasteiger charge is 2.21. The van der Waals surface area contributed by atoms with Crippen LogP contribution in [0.1, 0.15) is 39.0 Å². The standard InChI is InChI=1S/C14H20N4O/c1-9-5-3-2-4-6-11(9)16-12-8-7-10(15)13-14(12)18-19-17-13/h7-9,11,16H,2-6,15H2,1H3. The van der Waals surface area contributed by atoms with Crippen molar-refractivity contribution in [2.24, 2.45) is 5.92 Å². The quantitative estimate of drug-likeness (QED) is 0.640. The molecule has 0 aliphatic heterocycles. The maximum Gasteiger partial charge on any atom is 0.160 e. The lowest BCUT2D eigenvalue weighted by Gasteiger charge is -2.24. The molecule has 2 unspecified atom stereocenters. The van der Waals surface area contributed by atoms with E-state index in [4.69, 9.17) is 10.4 Å². The fraction of sp³-hybridized carbons (Fsp3) is 0.571. The Hall–Kier alpha value is -1.78. The van der Waals surface area contributed by atoms with Gasteiger partial charge in [-0.05, 0) is 41.2 Å². The third kappa shape index (κ3) is 2.37. The number of aromatic nitrogens is 2. The Bertz CT molecular complexity index is 566. The number of nitrogens with two attached hydrogens (primary N) is 1. The van der Waals surface area contributed by atoms with Crippen LogP contribution in [0.3, 0.4) is 0 Å². The second-order valence-corrected chi connectivity index (χ2v) is 5.53. The van der Waals surface area contributed by atoms with Gasteiger partial charge in [-0.1, -0.05) is 26.2 Å². The van der Waals surface area contributed by atoms with Crippen molar-refractivity contribution in [1.82, 2.24) is 10.3 Å². The summed E-state index contributed by atoms with van der Waals surface area (Å²) in [7, 11) is 0. The van der Waals surface area contributed by atoms with Crippen molar-refractivity contribution in [2.75, 3.05) is 11.1 Å². The lowest BCUT2D eigenvalue weighted by Crippen LogP contribution is -2.26. The van der Waals surface area contributed by atoms with Gasteiger partial charge in [-0.15, -0.1) is 0 Å². The molecule has 102 valence electrons. The summed E-state index contributed by atoms with van der Waals surface area (Å²) in [6.07, 6.45) is 6.45. The highest BCUT2D eigenvalue weighted by atomic mass is 16.6. The fourth-order valence-electron chi connectivity index (χ4n) is 2.91. The van der Waals surface area contributed by atoms with Gasteiger partial charge in [0.2, 0.25) is 0 Å². The first-order chi connectivity index (χ1) is 9.25. The summed E-state index contributed by atoms with van der Waals surface area (Å²) in [5, 5.41) is 11.4. The molecule has 1 aromatic heterocycles. The fourth-order valence-corrected chi connectivity index (χ4v) is 2.91. The molecule has 1 saturated carbocycles. The average molecular weight is 260 g/mol. The topological polar surface area (TPSA) is 77.0 Å². The van der Waals surface area contributed by atoms with Crippen molar-refractivity contribution >= 4 is 22.4 Å². The van der Waals surface area contributed by atoms with Gasteiger partial charge in [-0.3, -0.25) is 0 Å². The van der Waals surface area contributed by atoms with Crippen LogP contribution in [0.4, 0.5) is 11.4 Å². The van der Waals surface area contributed by atoms with Gasteiger partial charge in [0.05, 0.1) is 11.4 Å². The van der Waals surface area contributed by atoms with Crippen molar-refractivity contribution in [3.05, 3.63) is 12.1 Å². The zero-order valence-electron chi connectivity index (χ0n) is 11.2. The Balaban J connectivity index is 1.88. The molecule has 2 aromatic rings. The number of nitrogen functional groups attached to an aromatic ring is 1. The monoisotopic (exact) mass is 260 g/mol. The normalized spacial score (nSPS) is 24.3. The maximum absolute atomic E-state index is 5.86. The summed E-state index contributed by atoms with van der Waals surface area (Å²) in [6, 6.07) is 4.32. The molecular weight excluding hydrogens is 240 g/mol. The van der Waals surface area contributed by atoms with Crippen LogP contribution in [0.2, 0.25) is 0 Å². The third-order valence-corrected chi connectivity index (χ3v) is 4.15. The first-order valence-electron chi connectivity index (χ1n) is 7.03. The van der Waals surface area contributed by atoms with Crippen molar-refractivity contribution in [2.45, 2.75) is 45.1 Å². The summed E-state index contributed by atoms with van der Waals surface area (Å²) < 4.78 is 4.81. The van der Waals surface area contributed by atoms with E-state index in [0.29, 0.717) is 23.2 Å². The summed E-state index contributed by atoms with van der Waals surface area (Å²) in [6.45, 7) is 2.32. The van der Waals surface area contributed by atoms with Gasteiger partial charge in [-0.2, -0.15) is 0 Å². The van der Waals surface area contributed by atoms with Gasteiger partial charge >= 0.3 is 0 Å². The molecule has 0 bridgehead atoms. The van der Waals surface area contributed by atoms with E-state index in [-0.39, 0.29) is 0 Å². The first kappa shape index (κ1) is 12.3. The molecule has 3 rings (SSSR count). The molecule has 0 saturated heterocycles. The number of hydrogen-bond donors (Lipinski definition) is 2. The Morgan fingerprint density at radius 1 is 1.16 bits per heavy atom. The van der Waals surface area contributed by atoms with Crippen LogP contribution >= 0.6 is 0 Å². The highest BCUT2D eigenvalue weighted by molar-refractivity contribution is 5.95. The van der Waals surface area contributed by atoms with Crippen molar-refractivity contribution in [3.63, 3.8) is 0 Å². The van der Waals surface area contributed by atoms with E-state index < -0.39 is 0 Å². The molecule has 19 heavy (non-hydrogen) atoms. The van der Waals surface area contributed by atoms with Crippen LogP contribution in [-0.2, 0) is 0 Å². The van der Waals surface area contributed by atoms with E-state index >= 15 is 0 Å². The zero-order chi connectivity index (χ0) is 13.2. The number of nitrogens with zero attached hydrogens (tertiary/aromatic N) is 2. The smallest absolute Gasteiger partial charge is 0.160 e. The van der Waals surface area contributed by atoms with Crippen LogP contribution < -0.4 is 11.1 Å². The molecule has 1 heterocycles. The van der Waals surface area contributed by atoms with E-state index in [0.717, 1.165) is 11.2 Å². The van der Waals surface area contributed by atoms with Crippen molar-refractivity contribution in [1.29, 1.82) is 0 Å². The van der Waals surface area contributed by atoms with Crippen LogP contribution in [0.15, 0.2) is 16.8 Å². The molecule has 1 aromatic carbocycles. The maximum atomic E-state index is 5.86. The molecule has 0 amide bonds. The van der Waals surface area contributed by atoms with Gasteiger partial charge in [0.15, 0.2) is 11.0 Å². The average Bonchev–Trinajstić information content (AvgIpc) is 2.81. The number of anilines is 2. The Morgan fingerprint density at radius 3 is 2.84 bits per heavy atom. The van der Waals surface area contributed by atoms with E-state index in [1.165, 1.54) is 32.1 Å². The first-order valence-corrected chi connectivity index (χ1v) is 7.03. The summed E-state index contributed by atoms with van der Waals surface area (Å²) in [5.74, 6) is 0.676. The van der Waals surface area contributed by atoms with Crippen LogP contribution in [0.5, 0.6) is 0 Å². The SMILES string of the molecule is CC1CCCCCC1Nc1ccc(N)c2nonc12. The summed E-state index contributed by atoms with van der Waals surface area (Å²) in [5.41, 5.74) is 8.83. The van der Waals surface area contributed by atoms with E-state index in [2.05, 4.69) is 22.6 Å². The number of nitrogens with one attached hydrogen (secondary N) is 1. The van der Waals surface area contributed by atoms with Gasteiger partial charge in [0.1, 0.15) is 0 Å². The number of benzene rings is 1. The van der Waals surface area contributed by atoms with E-state index in [9.17, 15) is 0 Å². The molecule has 2 atom stereocenters.